The van der Waals surface area contributed by atoms with Crippen molar-refractivity contribution >= 4 is 33.2 Å². The zero-order valence-corrected chi connectivity index (χ0v) is 17.6. The van der Waals surface area contributed by atoms with E-state index in [0.29, 0.717) is 11.3 Å². The highest BCUT2D eigenvalue weighted by Gasteiger charge is 2.27. The fourth-order valence-corrected chi connectivity index (χ4v) is 3.41. The Kier molecular flexibility index (Phi) is 7.66. The quantitative estimate of drug-likeness (QED) is 0.566. The third-order valence-corrected chi connectivity index (χ3v) is 5.41. The Hall–Kier alpha value is -3.08. The lowest BCUT2D eigenvalue weighted by Gasteiger charge is -2.11. The molecular formula is C20H22F3N3O4S. The lowest BCUT2D eigenvalue weighted by molar-refractivity contribution is -0.138. The van der Waals surface area contributed by atoms with Gasteiger partial charge >= 0.3 is 6.18 Å². The smallest absolute Gasteiger partial charge is 0.347 e. The fraction of sp³-hybridized carbons (Fsp3) is 0.300. The first kappa shape index (κ1) is 24.2. The molecule has 0 saturated heterocycles. The molecule has 7 nitrogen and oxygen atoms in total. The molecule has 168 valence electrons. The van der Waals surface area contributed by atoms with E-state index in [4.69, 9.17) is 0 Å². The van der Waals surface area contributed by atoms with Crippen LogP contribution in [0.3, 0.4) is 0 Å². The van der Waals surface area contributed by atoms with E-state index in [1.54, 1.807) is 19.2 Å². The number of benzene rings is 2. The maximum Gasteiger partial charge on any atom is 0.405 e. The normalized spacial score (nSPS) is 11.8. The summed E-state index contributed by atoms with van der Waals surface area (Å²) in [6, 6.07) is 11.3. The van der Waals surface area contributed by atoms with E-state index in [1.807, 2.05) is 0 Å². The largest absolute Gasteiger partial charge is 0.405 e. The van der Waals surface area contributed by atoms with Crippen molar-refractivity contribution in [1.82, 2.24) is 5.32 Å². The minimum Gasteiger partial charge on any atom is -0.347 e. The highest BCUT2D eigenvalue weighted by Crippen LogP contribution is 2.19. The first-order chi connectivity index (χ1) is 14.4. The van der Waals surface area contributed by atoms with Crippen LogP contribution in [0.2, 0.25) is 0 Å². The van der Waals surface area contributed by atoms with Gasteiger partial charge in [-0.05, 0) is 42.0 Å². The van der Waals surface area contributed by atoms with Crippen molar-refractivity contribution in [2.75, 3.05) is 16.6 Å². The van der Waals surface area contributed by atoms with Crippen LogP contribution in [0.4, 0.5) is 24.5 Å². The van der Waals surface area contributed by atoms with Crippen molar-refractivity contribution in [2.45, 2.75) is 31.3 Å². The zero-order chi connectivity index (χ0) is 23.2. The van der Waals surface area contributed by atoms with Gasteiger partial charge in [0.2, 0.25) is 11.8 Å². The number of anilines is 2. The van der Waals surface area contributed by atoms with Gasteiger partial charge < -0.3 is 10.6 Å². The van der Waals surface area contributed by atoms with Crippen LogP contribution < -0.4 is 15.4 Å². The lowest BCUT2D eigenvalue weighted by atomic mass is 10.1. The maximum atomic E-state index is 12.5. The van der Waals surface area contributed by atoms with E-state index in [2.05, 4.69) is 10.0 Å². The molecule has 0 aliphatic rings. The highest BCUT2D eigenvalue weighted by molar-refractivity contribution is 7.92. The molecule has 0 bridgehead atoms. The average molecular weight is 457 g/mol. The monoisotopic (exact) mass is 457 g/mol. The van der Waals surface area contributed by atoms with Crippen LogP contribution in [0.25, 0.3) is 0 Å². The molecule has 0 radical (unpaired) electrons. The van der Waals surface area contributed by atoms with Crippen molar-refractivity contribution in [3.8, 4) is 0 Å². The van der Waals surface area contributed by atoms with Crippen molar-refractivity contribution in [1.29, 1.82) is 0 Å². The van der Waals surface area contributed by atoms with Crippen LogP contribution in [-0.4, -0.2) is 33.0 Å². The lowest BCUT2D eigenvalue weighted by Crippen LogP contribution is -2.34. The first-order valence-electron chi connectivity index (χ1n) is 9.22. The number of carbonyl (C=O) groups is 2. The number of nitrogens with one attached hydrogen (secondary N) is 3. The second-order valence-electron chi connectivity index (χ2n) is 7.04. The Morgan fingerprint density at radius 1 is 0.935 bits per heavy atom. The van der Waals surface area contributed by atoms with Crippen LogP contribution in [0.5, 0.6) is 0 Å². The summed E-state index contributed by atoms with van der Waals surface area (Å²) in [5.41, 5.74) is 1.11. The summed E-state index contributed by atoms with van der Waals surface area (Å²) in [7, 11) is -3.90. The minimum absolute atomic E-state index is 0.0225. The van der Waals surface area contributed by atoms with E-state index in [9.17, 15) is 31.2 Å². The average Bonchev–Trinajstić information content (AvgIpc) is 2.67. The van der Waals surface area contributed by atoms with Crippen molar-refractivity contribution < 1.29 is 31.2 Å². The van der Waals surface area contributed by atoms with E-state index in [0.717, 1.165) is 0 Å². The Bertz CT molecular complexity index is 1020. The molecule has 0 aromatic heterocycles. The van der Waals surface area contributed by atoms with Gasteiger partial charge in [-0.25, -0.2) is 8.42 Å². The molecule has 2 rings (SSSR count). The van der Waals surface area contributed by atoms with Crippen molar-refractivity contribution in [3.63, 3.8) is 0 Å². The predicted octanol–water partition coefficient (Wildman–Crippen LogP) is 3.30. The number of rotatable bonds is 8. The van der Waals surface area contributed by atoms with Gasteiger partial charge in [0.1, 0.15) is 6.54 Å². The van der Waals surface area contributed by atoms with Crippen LogP contribution in [0.1, 0.15) is 19.4 Å². The maximum absolute atomic E-state index is 12.5. The van der Waals surface area contributed by atoms with Gasteiger partial charge in [0.25, 0.3) is 10.0 Å². The van der Waals surface area contributed by atoms with E-state index in [1.165, 1.54) is 48.5 Å². The van der Waals surface area contributed by atoms with Gasteiger partial charge in [0.15, 0.2) is 0 Å². The molecular weight excluding hydrogens is 435 g/mol. The van der Waals surface area contributed by atoms with Gasteiger partial charge in [0.05, 0.1) is 11.3 Å². The Morgan fingerprint density at radius 3 is 2.00 bits per heavy atom. The fourth-order valence-electron chi connectivity index (χ4n) is 2.36. The third-order valence-electron chi connectivity index (χ3n) is 4.01. The first-order valence-corrected chi connectivity index (χ1v) is 10.7. The van der Waals surface area contributed by atoms with E-state index >= 15 is 0 Å². The Labute approximate surface area is 178 Å². The summed E-state index contributed by atoms with van der Waals surface area (Å²) < 4.78 is 63.8. The van der Waals surface area contributed by atoms with Crippen molar-refractivity contribution in [2.24, 2.45) is 5.92 Å². The second-order valence-corrected chi connectivity index (χ2v) is 8.72. The molecule has 0 unspecified atom stereocenters. The number of carbonyl (C=O) groups excluding carboxylic acids is 2. The summed E-state index contributed by atoms with van der Waals surface area (Å²) in [6.07, 6.45) is -4.76. The molecule has 2 amide bonds. The van der Waals surface area contributed by atoms with Crippen molar-refractivity contribution in [3.05, 3.63) is 54.1 Å². The predicted molar refractivity (Wildman–Crippen MR) is 110 cm³/mol. The summed E-state index contributed by atoms with van der Waals surface area (Å²) in [4.78, 5) is 23.2. The van der Waals surface area contributed by atoms with Gasteiger partial charge in [-0.3, -0.25) is 14.3 Å². The molecule has 0 saturated carbocycles. The number of alkyl halides is 3. The van der Waals surface area contributed by atoms with E-state index < -0.39 is 28.7 Å². The number of hydrogen-bond donors (Lipinski definition) is 3. The van der Waals surface area contributed by atoms with Gasteiger partial charge in [-0.15, -0.1) is 0 Å². The molecule has 0 heterocycles. The summed E-state index contributed by atoms with van der Waals surface area (Å²) in [6.45, 7) is 2.06. The Morgan fingerprint density at radius 2 is 1.48 bits per heavy atom. The Balaban J connectivity index is 1.98. The number of sulfonamides is 1. The van der Waals surface area contributed by atoms with Gasteiger partial charge in [-0.1, -0.05) is 26.0 Å². The van der Waals surface area contributed by atoms with Crippen LogP contribution in [-0.2, 0) is 26.0 Å². The number of hydrogen-bond acceptors (Lipinski definition) is 4. The topological polar surface area (TPSA) is 104 Å². The summed E-state index contributed by atoms with van der Waals surface area (Å²) >= 11 is 0. The number of amides is 2. The summed E-state index contributed by atoms with van der Waals surface area (Å²) in [5, 5.41) is 4.43. The molecule has 2 aromatic carbocycles. The summed E-state index contributed by atoms with van der Waals surface area (Å²) in [5.74, 6) is -1.21. The molecule has 0 aliphatic heterocycles. The SMILES string of the molecule is CC(C)C(=O)Nc1ccc(S(=O)(=O)Nc2ccc(CC(=O)NCC(F)(F)F)cc2)cc1. The van der Waals surface area contributed by atoms with Gasteiger partial charge in [-0.2, -0.15) is 13.2 Å². The standard InChI is InChI=1S/C20H22F3N3O4S/c1-13(2)19(28)25-15-7-9-17(10-8-15)31(29,30)26-16-5-3-14(4-6-16)11-18(27)24-12-20(21,22)23/h3-10,13,26H,11-12H2,1-2H3,(H,24,27)(H,25,28). The number of halogens is 3. The highest BCUT2D eigenvalue weighted by atomic mass is 32.2. The minimum atomic E-state index is -4.49. The third kappa shape index (κ3) is 7.93. The van der Waals surface area contributed by atoms with Crippen LogP contribution >= 0.6 is 0 Å². The molecule has 0 spiro atoms. The molecule has 3 N–H and O–H groups in total. The molecule has 11 heteroatoms. The van der Waals surface area contributed by atoms with E-state index in [-0.39, 0.29) is 28.8 Å². The van der Waals surface area contributed by atoms with Crippen LogP contribution in [0, 0.1) is 5.92 Å². The van der Waals surface area contributed by atoms with Crippen LogP contribution in [0.15, 0.2) is 53.4 Å². The molecule has 0 fully saturated rings. The molecule has 0 atom stereocenters. The molecule has 0 aliphatic carbocycles. The zero-order valence-electron chi connectivity index (χ0n) is 16.8. The molecule has 2 aromatic rings. The second kappa shape index (κ2) is 9.82. The molecule has 31 heavy (non-hydrogen) atoms. The van der Waals surface area contributed by atoms with Gasteiger partial charge in [0, 0.05) is 17.3 Å².